The van der Waals surface area contributed by atoms with Gasteiger partial charge in [-0.3, -0.25) is 4.79 Å². The maximum Gasteiger partial charge on any atom is 0.235 e. The van der Waals surface area contributed by atoms with Crippen LogP contribution < -0.4 is 14.9 Å². The summed E-state index contributed by atoms with van der Waals surface area (Å²) in [5, 5.41) is 1.16. The van der Waals surface area contributed by atoms with E-state index >= 15 is 0 Å². The maximum absolute atomic E-state index is 13.2. The lowest BCUT2D eigenvalue weighted by atomic mass is 10.1. The molecule has 2 aromatic carbocycles. The topological polar surface area (TPSA) is 48.7 Å². The Bertz CT molecular complexity index is 935. The summed E-state index contributed by atoms with van der Waals surface area (Å²) in [5.41, 5.74) is 0.686. The van der Waals surface area contributed by atoms with Crippen molar-refractivity contribution in [3.63, 3.8) is 0 Å². The molecule has 3 rings (SSSR count). The molecule has 0 atom stereocenters. The zero-order valence-corrected chi connectivity index (χ0v) is 15.1. The van der Waals surface area contributed by atoms with Gasteiger partial charge in [-0.25, -0.2) is 4.39 Å². The fourth-order valence-electron chi connectivity index (χ4n) is 2.43. The molecule has 1 aromatic heterocycles. The van der Waals surface area contributed by atoms with Crippen molar-refractivity contribution in [2.45, 2.75) is 6.42 Å². The highest BCUT2D eigenvalue weighted by Crippen LogP contribution is 2.32. The summed E-state index contributed by atoms with van der Waals surface area (Å²) in [6.45, 7) is 0.367. The SMILES string of the molecule is COc1ccc2c(=O)c(OCCCBr)c(-c3ccc(F)cc3)oc2c1. The van der Waals surface area contributed by atoms with Crippen LogP contribution in [0.3, 0.4) is 0 Å². The van der Waals surface area contributed by atoms with Crippen LogP contribution in [-0.2, 0) is 0 Å². The van der Waals surface area contributed by atoms with Gasteiger partial charge in [0.25, 0.3) is 0 Å². The summed E-state index contributed by atoms with van der Waals surface area (Å²) in [5.74, 6) is 0.620. The zero-order valence-electron chi connectivity index (χ0n) is 13.6. The van der Waals surface area contributed by atoms with Crippen LogP contribution in [0.5, 0.6) is 11.5 Å². The van der Waals surface area contributed by atoms with Crippen molar-refractivity contribution < 1.29 is 18.3 Å². The van der Waals surface area contributed by atoms with E-state index in [9.17, 15) is 9.18 Å². The Kier molecular flexibility index (Phi) is 5.38. The number of methoxy groups -OCH3 is 1. The van der Waals surface area contributed by atoms with Crippen LogP contribution in [0.25, 0.3) is 22.3 Å². The van der Waals surface area contributed by atoms with Gasteiger partial charge in [0.2, 0.25) is 11.2 Å². The Balaban J connectivity index is 2.20. The van der Waals surface area contributed by atoms with Crippen LogP contribution in [0.2, 0.25) is 0 Å². The molecule has 25 heavy (non-hydrogen) atoms. The summed E-state index contributed by atoms with van der Waals surface area (Å²) in [7, 11) is 1.54. The van der Waals surface area contributed by atoms with Crippen molar-refractivity contribution in [3.8, 4) is 22.8 Å². The molecule has 0 saturated heterocycles. The van der Waals surface area contributed by atoms with Gasteiger partial charge >= 0.3 is 0 Å². The minimum absolute atomic E-state index is 0.130. The Morgan fingerprint density at radius 2 is 1.92 bits per heavy atom. The lowest BCUT2D eigenvalue weighted by Gasteiger charge is -2.12. The van der Waals surface area contributed by atoms with Crippen LogP contribution >= 0.6 is 15.9 Å². The highest BCUT2D eigenvalue weighted by atomic mass is 79.9. The van der Waals surface area contributed by atoms with E-state index in [4.69, 9.17) is 13.9 Å². The number of halogens is 2. The van der Waals surface area contributed by atoms with Crippen molar-refractivity contribution in [1.82, 2.24) is 0 Å². The number of ether oxygens (including phenoxy) is 2. The summed E-state index contributed by atoms with van der Waals surface area (Å²) < 4.78 is 30.1. The molecule has 0 unspecified atom stereocenters. The Labute approximate surface area is 152 Å². The molecule has 0 aliphatic carbocycles. The first-order chi connectivity index (χ1) is 12.1. The molecular formula is C19H16BrFO4. The van der Waals surface area contributed by atoms with E-state index in [1.54, 1.807) is 30.3 Å². The van der Waals surface area contributed by atoms with Crippen LogP contribution in [0.15, 0.2) is 51.7 Å². The largest absolute Gasteiger partial charge is 0.497 e. The molecule has 0 spiro atoms. The fourth-order valence-corrected chi connectivity index (χ4v) is 2.66. The second kappa shape index (κ2) is 7.70. The van der Waals surface area contributed by atoms with Gasteiger partial charge in [0.05, 0.1) is 19.1 Å². The second-order valence-corrected chi connectivity index (χ2v) is 6.14. The predicted octanol–water partition coefficient (Wildman–Crippen LogP) is 4.77. The molecule has 130 valence electrons. The summed E-state index contributed by atoms with van der Waals surface area (Å²) in [6, 6.07) is 10.7. The highest BCUT2D eigenvalue weighted by Gasteiger charge is 2.18. The Morgan fingerprint density at radius 1 is 1.16 bits per heavy atom. The van der Waals surface area contributed by atoms with Gasteiger partial charge in [-0.15, -0.1) is 0 Å². The average Bonchev–Trinajstić information content (AvgIpc) is 2.63. The zero-order chi connectivity index (χ0) is 17.8. The quantitative estimate of drug-likeness (QED) is 0.436. The van der Waals surface area contributed by atoms with Gasteiger partial charge in [0, 0.05) is 17.0 Å². The molecule has 0 radical (unpaired) electrons. The molecule has 0 aliphatic heterocycles. The molecule has 3 aromatic rings. The van der Waals surface area contributed by atoms with Gasteiger partial charge < -0.3 is 13.9 Å². The van der Waals surface area contributed by atoms with Gasteiger partial charge in [-0.1, -0.05) is 15.9 Å². The molecular weight excluding hydrogens is 391 g/mol. The van der Waals surface area contributed by atoms with Gasteiger partial charge in [0.15, 0.2) is 5.76 Å². The van der Waals surface area contributed by atoms with E-state index in [1.165, 1.54) is 19.2 Å². The smallest absolute Gasteiger partial charge is 0.235 e. The number of alkyl halides is 1. The summed E-state index contributed by atoms with van der Waals surface area (Å²) in [6.07, 6.45) is 0.739. The van der Waals surface area contributed by atoms with Gasteiger partial charge in [-0.05, 0) is 42.8 Å². The first-order valence-electron chi connectivity index (χ1n) is 7.73. The third kappa shape index (κ3) is 3.69. The number of hydrogen-bond acceptors (Lipinski definition) is 4. The molecule has 6 heteroatoms. The van der Waals surface area contributed by atoms with Crippen molar-refractivity contribution >= 4 is 26.9 Å². The average molecular weight is 407 g/mol. The van der Waals surface area contributed by atoms with E-state index in [1.807, 2.05) is 0 Å². The predicted molar refractivity (Wildman–Crippen MR) is 98.3 cm³/mol. The van der Waals surface area contributed by atoms with Crippen molar-refractivity contribution in [3.05, 3.63) is 58.5 Å². The lowest BCUT2D eigenvalue weighted by Crippen LogP contribution is -2.11. The molecule has 0 aliphatic rings. The number of fused-ring (bicyclic) bond motifs is 1. The third-order valence-electron chi connectivity index (χ3n) is 3.69. The van der Waals surface area contributed by atoms with Gasteiger partial charge in [-0.2, -0.15) is 0 Å². The first kappa shape index (κ1) is 17.5. The molecule has 4 nitrogen and oxygen atoms in total. The normalized spacial score (nSPS) is 10.8. The van der Waals surface area contributed by atoms with Crippen molar-refractivity contribution in [2.24, 2.45) is 0 Å². The van der Waals surface area contributed by atoms with E-state index in [0.717, 1.165) is 11.8 Å². The van der Waals surface area contributed by atoms with E-state index in [2.05, 4.69) is 15.9 Å². The molecule has 0 saturated carbocycles. The van der Waals surface area contributed by atoms with E-state index in [-0.39, 0.29) is 22.8 Å². The van der Waals surface area contributed by atoms with Crippen LogP contribution in [0.4, 0.5) is 4.39 Å². The molecule has 0 fully saturated rings. The van der Waals surface area contributed by atoms with Crippen LogP contribution in [0.1, 0.15) is 6.42 Å². The minimum atomic E-state index is -0.365. The maximum atomic E-state index is 13.2. The summed E-state index contributed by atoms with van der Waals surface area (Å²) >= 11 is 3.33. The Morgan fingerprint density at radius 3 is 2.60 bits per heavy atom. The number of rotatable bonds is 6. The van der Waals surface area contributed by atoms with E-state index < -0.39 is 0 Å². The molecule has 0 amide bonds. The number of hydrogen-bond donors (Lipinski definition) is 0. The van der Waals surface area contributed by atoms with Crippen LogP contribution in [-0.4, -0.2) is 19.0 Å². The monoisotopic (exact) mass is 406 g/mol. The second-order valence-electron chi connectivity index (χ2n) is 5.35. The van der Waals surface area contributed by atoms with Gasteiger partial charge in [0.1, 0.15) is 17.1 Å². The highest BCUT2D eigenvalue weighted by molar-refractivity contribution is 9.09. The Hall–Kier alpha value is -2.34. The lowest BCUT2D eigenvalue weighted by molar-refractivity contribution is 0.310. The number of benzene rings is 2. The summed E-state index contributed by atoms with van der Waals surface area (Å²) in [4.78, 5) is 12.9. The molecule has 1 heterocycles. The van der Waals surface area contributed by atoms with Crippen molar-refractivity contribution in [2.75, 3.05) is 19.0 Å². The van der Waals surface area contributed by atoms with E-state index in [0.29, 0.717) is 28.9 Å². The molecule has 0 N–H and O–H groups in total. The molecule has 0 bridgehead atoms. The van der Waals surface area contributed by atoms with Crippen LogP contribution in [0, 0.1) is 5.82 Å². The van der Waals surface area contributed by atoms with Crippen molar-refractivity contribution in [1.29, 1.82) is 0 Å². The standard InChI is InChI=1S/C19H16BrFO4/c1-23-14-7-8-15-16(11-14)25-18(12-3-5-13(21)6-4-12)19(17(15)22)24-10-2-9-20/h3-8,11H,2,9-10H2,1H3. The first-order valence-corrected chi connectivity index (χ1v) is 8.85. The third-order valence-corrected chi connectivity index (χ3v) is 4.25. The minimum Gasteiger partial charge on any atom is -0.497 e. The fraction of sp³-hybridized carbons (Fsp3) is 0.211.